The minimum absolute atomic E-state index is 0.299. The largest absolute Gasteiger partial charge is 0.480 e. The van der Waals surface area contributed by atoms with Crippen LogP contribution in [0.4, 0.5) is 0 Å². The molecule has 1 amide bonds. The molecule has 1 rings (SSSR count). The van der Waals surface area contributed by atoms with Crippen LogP contribution in [0.5, 0.6) is 0 Å². The Labute approximate surface area is 115 Å². The zero-order valence-electron chi connectivity index (χ0n) is 11.0. The fourth-order valence-corrected chi connectivity index (χ4v) is 2.75. The van der Waals surface area contributed by atoms with Crippen LogP contribution in [0, 0.1) is 6.92 Å². The molecular weight excluding hydrogens is 288 g/mol. The summed E-state index contributed by atoms with van der Waals surface area (Å²) in [4.78, 5) is 25.5. The van der Waals surface area contributed by atoms with Crippen LogP contribution in [0.1, 0.15) is 19.2 Å². The molecule has 0 fully saturated rings. The van der Waals surface area contributed by atoms with Crippen LogP contribution in [0.3, 0.4) is 0 Å². The van der Waals surface area contributed by atoms with Crippen molar-refractivity contribution >= 4 is 21.9 Å². The van der Waals surface area contributed by atoms with Gasteiger partial charge in [0.05, 0.1) is 6.42 Å². The van der Waals surface area contributed by atoms with Gasteiger partial charge >= 0.3 is 5.97 Å². The Morgan fingerprint density at radius 1 is 1.55 bits per heavy atom. The summed E-state index contributed by atoms with van der Waals surface area (Å²) in [5.74, 6) is -1.93. The van der Waals surface area contributed by atoms with Crippen LogP contribution in [0.25, 0.3) is 0 Å². The number of hydrogen-bond donors (Lipinski definition) is 3. The van der Waals surface area contributed by atoms with Crippen molar-refractivity contribution < 1.29 is 23.1 Å². The van der Waals surface area contributed by atoms with Gasteiger partial charge in [-0.25, -0.2) is 13.4 Å². The minimum Gasteiger partial charge on any atom is -0.480 e. The third-order valence-electron chi connectivity index (χ3n) is 2.57. The highest BCUT2D eigenvalue weighted by Crippen LogP contribution is 2.10. The second-order valence-electron chi connectivity index (χ2n) is 4.09. The summed E-state index contributed by atoms with van der Waals surface area (Å²) >= 11 is 0. The van der Waals surface area contributed by atoms with Crippen LogP contribution in [0.2, 0.25) is 0 Å². The van der Waals surface area contributed by atoms with Crippen molar-refractivity contribution in [3.63, 3.8) is 0 Å². The first-order valence-corrected chi connectivity index (χ1v) is 7.23. The first-order chi connectivity index (χ1) is 9.17. The number of imidazole rings is 1. The van der Waals surface area contributed by atoms with E-state index in [1.54, 1.807) is 11.5 Å². The van der Waals surface area contributed by atoms with Gasteiger partial charge in [-0.05, 0) is 13.8 Å². The lowest BCUT2D eigenvalue weighted by atomic mass is 10.2. The van der Waals surface area contributed by atoms with Gasteiger partial charge in [-0.2, -0.15) is 4.72 Å². The number of aliphatic carboxylic acids is 1. The van der Waals surface area contributed by atoms with Crippen LogP contribution in [-0.4, -0.2) is 41.0 Å². The Kier molecular flexibility index (Phi) is 4.84. The Hall–Kier alpha value is -1.94. The predicted molar refractivity (Wildman–Crippen MR) is 68.2 cm³/mol. The summed E-state index contributed by atoms with van der Waals surface area (Å²) in [5, 5.41) is 8.58. The van der Waals surface area contributed by atoms with E-state index in [2.05, 4.69) is 4.98 Å². The van der Waals surface area contributed by atoms with E-state index in [4.69, 9.17) is 10.8 Å². The lowest BCUT2D eigenvalue weighted by molar-refractivity contribution is -0.140. The topological polar surface area (TPSA) is 144 Å². The SMILES string of the molecule is CCn1cc(S(=O)(=O)N[C@H](CC(N)=O)C(=O)O)nc1C. The molecule has 10 heteroatoms. The zero-order valence-corrected chi connectivity index (χ0v) is 11.8. The summed E-state index contributed by atoms with van der Waals surface area (Å²) in [5.41, 5.74) is 4.88. The Morgan fingerprint density at radius 2 is 2.15 bits per heavy atom. The zero-order chi connectivity index (χ0) is 15.5. The Morgan fingerprint density at radius 3 is 2.55 bits per heavy atom. The quantitative estimate of drug-likeness (QED) is 0.578. The van der Waals surface area contributed by atoms with Crippen molar-refractivity contribution in [2.75, 3.05) is 0 Å². The van der Waals surface area contributed by atoms with Gasteiger partial charge in [-0.15, -0.1) is 0 Å². The van der Waals surface area contributed by atoms with Gasteiger partial charge in [0.25, 0.3) is 10.0 Å². The molecule has 0 unspecified atom stereocenters. The molecule has 0 aliphatic heterocycles. The van der Waals surface area contributed by atoms with E-state index in [-0.39, 0.29) is 5.03 Å². The predicted octanol–water partition coefficient (Wildman–Crippen LogP) is -1.18. The molecule has 1 heterocycles. The van der Waals surface area contributed by atoms with Crippen molar-refractivity contribution in [1.29, 1.82) is 0 Å². The van der Waals surface area contributed by atoms with E-state index in [0.717, 1.165) is 0 Å². The van der Waals surface area contributed by atoms with E-state index < -0.39 is 34.4 Å². The smallest absolute Gasteiger partial charge is 0.322 e. The van der Waals surface area contributed by atoms with Gasteiger partial charge in [-0.3, -0.25) is 9.59 Å². The number of carboxylic acids is 1. The van der Waals surface area contributed by atoms with Crippen molar-refractivity contribution in [3.8, 4) is 0 Å². The maximum absolute atomic E-state index is 12.0. The number of carboxylic acid groups (broad SMARTS) is 1. The summed E-state index contributed by atoms with van der Waals surface area (Å²) in [6.07, 6.45) is 0.656. The first kappa shape index (κ1) is 16.1. The number of hydrogen-bond acceptors (Lipinski definition) is 5. The molecule has 0 aliphatic carbocycles. The molecule has 9 nitrogen and oxygen atoms in total. The molecule has 0 saturated carbocycles. The molecule has 0 aliphatic rings. The van der Waals surface area contributed by atoms with Crippen LogP contribution < -0.4 is 10.5 Å². The average molecular weight is 304 g/mol. The normalized spacial score (nSPS) is 13.1. The number of nitrogens with two attached hydrogens (primary N) is 1. The number of carbonyl (C=O) groups is 2. The fourth-order valence-electron chi connectivity index (χ4n) is 1.56. The van der Waals surface area contributed by atoms with Crippen molar-refractivity contribution in [1.82, 2.24) is 14.3 Å². The number of primary amides is 1. The molecule has 0 spiro atoms. The molecule has 20 heavy (non-hydrogen) atoms. The van der Waals surface area contributed by atoms with Crippen LogP contribution in [0.15, 0.2) is 11.2 Å². The minimum atomic E-state index is -4.13. The van der Waals surface area contributed by atoms with Gasteiger partial charge in [0, 0.05) is 12.7 Å². The fraction of sp³-hybridized carbons (Fsp3) is 0.500. The van der Waals surface area contributed by atoms with Gasteiger partial charge in [0.15, 0.2) is 5.03 Å². The van der Waals surface area contributed by atoms with Crippen molar-refractivity contribution in [3.05, 3.63) is 12.0 Å². The summed E-state index contributed by atoms with van der Waals surface area (Å²) < 4.78 is 27.5. The van der Waals surface area contributed by atoms with Gasteiger partial charge in [0.2, 0.25) is 5.91 Å². The van der Waals surface area contributed by atoms with E-state index >= 15 is 0 Å². The molecule has 1 aromatic rings. The molecule has 112 valence electrons. The summed E-state index contributed by atoms with van der Waals surface area (Å²) in [7, 11) is -4.13. The lowest BCUT2D eigenvalue weighted by Crippen LogP contribution is -2.43. The lowest BCUT2D eigenvalue weighted by Gasteiger charge is -2.11. The maximum atomic E-state index is 12.0. The number of rotatable bonds is 7. The van der Waals surface area contributed by atoms with E-state index in [1.165, 1.54) is 6.20 Å². The second kappa shape index (κ2) is 6.01. The molecule has 0 aromatic carbocycles. The Balaban J connectivity index is 3.02. The third-order valence-corrected chi connectivity index (χ3v) is 3.91. The molecule has 0 saturated heterocycles. The number of nitrogens with zero attached hydrogens (tertiary/aromatic N) is 2. The van der Waals surface area contributed by atoms with Crippen molar-refractivity contribution in [2.24, 2.45) is 5.73 Å². The molecule has 1 aromatic heterocycles. The highest BCUT2D eigenvalue weighted by Gasteiger charge is 2.28. The number of nitrogens with one attached hydrogen (secondary N) is 1. The Bertz CT molecular complexity index is 622. The van der Waals surface area contributed by atoms with E-state index in [1.807, 2.05) is 11.6 Å². The van der Waals surface area contributed by atoms with Crippen molar-refractivity contribution in [2.45, 2.75) is 37.9 Å². The highest BCUT2D eigenvalue weighted by molar-refractivity contribution is 7.89. The molecule has 1 atom stereocenters. The molecule has 0 radical (unpaired) electrons. The molecule has 4 N–H and O–H groups in total. The monoisotopic (exact) mass is 304 g/mol. The van der Waals surface area contributed by atoms with E-state index in [0.29, 0.717) is 12.4 Å². The number of sulfonamides is 1. The average Bonchev–Trinajstić information content (AvgIpc) is 2.69. The number of aryl methyl sites for hydroxylation is 2. The standard InChI is InChI=1S/C10H16N4O5S/c1-3-14-5-9(12-6(14)2)20(18,19)13-7(10(16)17)4-8(11)15/h5,7,13H,3-4H2,1-2H3,(H2,11,15)(H,16,17)/t7-/m1/s1. The second-order valence-corrected chi connectivity index (χ2v) is 5.76. The first-order valence-electron chi connectivity index (χ1n) is 5.74. The van der Waals surface area contributed by atoms with Gasteiger partial charge in [0.1, 0.15) is 11.9 Å². The number of aromatic nitrogens is 2. The summed E-state index contributed by atoms with van der Waals surface area (Å²) in [6.45, 7) is 3.96. The highest BCUT2D eigenvalue weighted by atomic mass is 32.2. The van der Waals surface area contributed by atoms with Crippen LogP contribution >= 0.6 is 0 Å². The van der Waals surface area contributed by atoms with Crippen LogP contribution in [-0.2, 0) is 26.2 Å². The molecular formula is C10H16N4O5S. The summed E-state index contributed by atoms with van der Waals surface area (Å²) in [6, 6.07) is -1.62. The number of carbonyl (C=O) groups excluding carboxylic acids is 1. The third kappa shape index (κ3) is 3.78. The van der Waals surface area contributed by atoms with E-state index in [9.17, 15) is 18.0 Å². The van der Waals surface area contributed by atoms with Gasteiger partial charge < -0.3 is 15.4 Å². The molecule has 0 bridgehead atoms. The number of amides is 1. The maximum Gasteiger partial charge on any atom is 0.322 e. The van der Waals surface area contributed by atoms with Gasteiger partial charge in [-0.1, -0.05) is 0 Å².